The molecule has 0 saturated carbocycles. The van der Waals surface area contributed by atoms with E-state index in [0.717, 1.165) is 0 Å². The van der Waals surface area contributed by atoms with Gasteiger partial charge in [0.25, 0.3) is 0 Å². The quantitative estimate of drug-likeness (QED) is 0.404. The first-order chi connectivity index (χ1) is 16.9. The molecular weight excluding hydrogens is 456 g/mol. The smallest absolute Gasteiger partial charge is 0.341 e. The Kier molecular flexibility index (Phi) is 6.96. The fourth-order valence-corrected chi connectivity index (χ4v) is 3.56. The number of aliphatic carboxylic acids is 1. The molecule has 1 aliphatic rings. The van der Waals surface area contributed by atoms with Gasteiger partial charge in [0.2, 0.25) is 6.79 Å². The van der Waals surface area contributed by atoms with E-state index < -0.39 is 17.9 Å². The van der Waals surface area contributed by atoms with E-state index in [-0.39, 0.29) is 41.8 Å². The highest BCUT2D eigenvalue weighted by Gasteiger charge is 2.28. The second-order valence-corrected chi connectivity index (χ2v) is 7.50. The SMILES string of the molecule is CCOC(=O)c1ccccc1Oc1ccc(OC)c(Oc2ccc3c(c2)OCO3)c1C(C)C(=O)O. The fourth-order valence-electron chi connectivity index (χ4n) is 3.56. The molecule has 0 saturated heterocycles. The summed E-state index contributed by atoms with van der Waals surface area (Å²) in [5.41, 5.74) is 0.436. The molecule has 1 aliphatic heterocycles. The molecule has 1 atom stereocenters. The normalized spacial score (nSPS) is 12.5. The molecule has 0 radical (unpaired) electrons. The van der Waals surface area contributed by atoms with Gasteiger partial charge in [-0.1, -0.05) is 12.1 Å². The Morgan fingerprint density at radius 1 is 0.971 bits per heavy atom. The van der Waals surface area contributed by atoms with Crippen LogP contribution < -0.4 is 23.7 Å². The van der Waals surface area contributed by atoms with Gasteiger partial charge < -0.3 is 33.5 Å². The van der Waals surface area contributed by atoms with Crippen LogP contribution in [-0.4, -0.2) is 37.6 Å². The van der Waals surface area contributed by atoms with Crippen LogP contribution in [-0.2, 0) is 9.53 Å². The van der Waals surface area contributed by atoms with E-state index in [1.54, 1.807) is 61.5 Å². The van der Waals surface area contributed by atoms with Gasteiger partial charge in [0.1, 0.15) is 22.8 Å². The van der Waals surface area contributed by atoms with Gasteiger partial charge in [-0.25, -0.2) is 4.79 Å². The van der Waals surface area contributed by atoms with Crippen LogP contribution in [0, 0.1) is 0 Å². The number of benzene rings is 3. The minimum absolute atomic E-state index is 0.104. The van der Waals surface area contributed by atoms with E-state index in [1.165, 1.54) is 14.0 Å². The highest BCUT2D eigenvalue weighted by molar-refractivity contribution is 5.92. The zero-order valence-corrected chi connectivity index (χ0v) is 19.4. The van der Waals surface area contributed by atoms with Gasteiger partial charge in [0, 0.05) is 6.07 Å². The zero-order chi connectivity index (χ0) is 24.9. The number of rotatable bonds is 9. The number of methoxy groups -OCH3 is 1. The molecule has 1 N–H and O–H groups in total. The number of esters is 1. The first kappa shape index (κ1) is 23.7. The second kappa shape index (κ2) is 10.3. The summed E-state index contributed by atoms with van der Waals surface area (Å²) < 4.78 is 33.6. The van der Waals surface area contributed by atoms with Crippen LogP contribution in [0.2, 0.25) is 0 Å². The molecule has 0 aromatic heterocycles. The van der Waals surface area contributed by atoms with Crippen molar-refractivity contribution in [2.24, 2.45) is 0 Å². The van der Waals surface area contributed by atoms with Gasteiger partial charge in [-0.05, 0) is 50.2 Å². The third-order valence-corrected chi connectivity index (χ3v) is 5.31. The highest BCUT2D eigenvalue weighted by atomic mass is 16.7. The van der Waals surface area contributed by atoms with Crippen molar-refractivity contribution in [1.29, 1.82) is 0 Å². The van der Waals surface area contributed by atoms with Gasteiger partial charge in [0.15, 0.2) is 23.0 Å². The molecular formula is C26H24O9. The zero-order valence-electron chi connectivity index (χ0n) is 19.4. The lowest BCUT2D eigenvalue weighted by Gasteiger charge is -2.21. The van der Waals surface area contributed by atoms with E-state index >= 15 is 0 Å². The van der Waals surface area contributed by atoms with Gasteiger partial charge in [-0.3, -0.25) is 4.79 Å². The topological polar surface area (TPSA) is 110 Å². The lowest BCUT2D eigenvalue weighted by atomic mass is 9.98. The average molecular weight is 480 g/mol. The van der Waals surface area contributed by atoms with Crippen molar-refractivity contribution in [3.8, 4) is 40.2 Å². The lowest BCUT2D eigenvalue weighted by molar-refractivity contribution is -0.138. The van der Waals surface area contributed by atoms with Crippen molar-refractivity contribution in [3.63, 3.8) is 0 Å². The number of carbonyl (C=O) groups is 2. The second-order valence-electron chi connectivity index (χ2n) is 7.50. The summed E-state index contributed by atoms with van der Waals surface area (Å²) in [6.45, 7) is 3.52. The van der Waals surface area contributed by atoms with Crippen molar-refractivity contribution in [2.75, 3.05) is 20.5 Å². The third-order valence-electron chi connectivity index (χ3n) is 5.31. The minimum Gasteiger partial charge on any atom is -0.493 e. The number of hydrogen-bond acceptors (Lipinski definition) is 8. The average Bonchev–Trinajstić information content (AvgIpc) is 3.32. The van der Waals surface area contributed by atoms with Crippen LogP contribution in [0.4, 0.5) is 0 Å². The molecule has 1 heterocycles. The molecule has 9 heteroatoms. The Bertz CT molecular complexity index is 1250. The molecule has 182 valence electrons. The van der Waals surface area contributed by atoms with Crippen LogP contribution >= 0.6 is 0 Å². The van der Waals surface area contributed by atoms with Gasteiger partial charge in [-0.2, -0.15) is 0 Å². The van der Waals surface area contributed by atoms with Crippen molar-refractivity contribution < 1.29 is 43.1 Å². The van der Waals surface area contributed by atoms with E-state index in [4.69, 9.17) is 28.4 Å². The van der Waals surface area contributed by atoms with Gasteiger partial charge in [0.05, 0.1) is 25.2 Å². The Hall–Kier alpha value is -4.40. The van der Waals surface area contributed by atoms with Crippen LogP contribution in [0.1, 0.15) is 35.7 Å². The lowest BCUT2D eigenvalue weighted by Crippen LogP contribution is -2.12. The molecule has 9 nitrogen and oxygen atoms in total. The summed E-state index contributed by atoms with van der Waals surface area (Å²) in [6.07, 6.45) is 0. The maximum absolute atomic E-state index is 12.4. The first-order valence-corrected chi connectivity index (χ1v) is 10.9. The number of carboxylic acid groups (broad SMARTS) is 1. The number of para-hydroxylation sites is 1. The molecule has 0 bridgehead atoms. The molecule has 4 rings (SSSR count). The highest BCUT2D eigenvalue weighted by Crippen LogP contribution is 2.47. The molecule has 3 aromatic carbocycles. The third kappa shape index (κ3) is 4.93. The monoisotopic (exact) mass is 480 g/mol. The summed E-state index contributed by atoms with van der Waals surface area (Å²) >= 11 is 0. The molecule has 1 unspecified atom stereocenters. The minimum atomic E-state index is -1.10. The summed E-state index contributed by atoms with van der Waals surface area (Å²) in [5, 5.41) is 9.86. The van der Waals surface area contributed by atoms with E-state index in [2.05, 4.69) is 0 Å². The largest absolute Gasteiger partial charge is 0.493 e. The van der Waals surface area contributed by atoms with Crippen molar-refractivity contribution >= 4 is 11.9 Å². The molecule has 0 fully saturated rings. The molecule has 0 amide bonds. The van der Waals surface area contributed by atoms with Crippen LogP contribution in [0.5, 0.6) is 40.2 Å². The van der Waals surface area contributed by atoms with E-state index in [1.807, 2.05) is 0 Å². The summed E-state index contributed by atoms with van der Waals surface area (Å²) in [5.74, 6) is -0.365. The molecule has 0 spiro atoms. The van der Waals surface area contributed by atoms with Gasteiger partial charge >= 0.3 is 11.9 Å². The van der Waals surface area contributed by atoms with Gasteiger partial charge in [-0.15, -0.1) is 0 Å². The maximum atomic E-state index is 12.4. The van der Waals surface area contributed by atoms with Crippen molar-refractivity contribution in [1.82, 2.24) is 0 Å². The molecule has 3 aromatic rings. The van der Waals surface area contributed by atoms with E-state index in [0.29, 0.717) is 23.0 Å². The predicted octanol–water partition coefficient (Wildman–Crippen LogP) is 5.37. The standard InChI is InChI=1S/C26H24O9/c1-4-31-26(29)17-7-5-6-8-18(17)35-20-11-12-21(30-3)24(23(20)15(2)25(27)28)34-16-9-10-19-22(13-16)33-14-32-19/h5-13,15H,4,14H2,1-3H3,(H,27,28). The van der Waals surface area contributed by atoms with Crippen molar-refractivity contribution in [3.05, 3.63) is 65.7 Å². The Morgan fingerprint density at radius 3 is 2.46 bits per heavy atom. The Balaban J connectivity index is 1.80. The van der Waals surface area contributed by atoms with E-state index in [9.17, 15) is 14.7 Å². The summed E-state index contributed by atoms with van der Waals surface area (Å²) in [7, 11) is 1.45. The number of hydrogen-bond donors (Lipinski definition) is 1. The Labute approximate surface area is 201 Å². The summed E-state index contributed by atoms with van der Waals surface area (Å²) in [6, 6.07) is 14.7. The first-order valence-electron chi connectivity index (χ1n) is 10.9. The number of carbonyl (C=O) groups excluding carboxylic acids is 1. The molecule has 0 aliphatic carbocycles. The maximum Gasteiger partial charge on any atom is 0.341 e. The summed E-state index contributed by atoms with van der Waals surface area (Å²) in [4.78, 5) is 24.5. The molecule has 35 heavy (non-hydrogen) atoms. The number of fused-ring (bicyclic) bond motifs is 1. The predicted molar refractivity (Wildman–Crippen MR) is 124 cm³/mol. The van der Waals surface area contributed by atoms with Crippen LogP contribution in [0.25, 0.3) is 0 Å². The van der Waals surface area contributed by atoms with Crippen LogP contribution in [0.3, 0.4) is 0 Å². The van der Waals surface area contributed by atoms with Crippen molar-refractivity contribution in [2.45, 2.75) is 19.8 Å². The number of ether oxygens (including phenoxy) is 6. The fraction of sp³-hybridized carbons (Fsp3) is 0.231. The number of carboxylic acids is 1. The van der Waals surface area contributed by atoms with Crippen LogP contribution in [0.15, 0.2) is 54.6 Å². The Morgan fingerprint density at radius 2 is 1.71 bits per heavy atom.